The molecular formula is C15H21NO5S. The summed E-state index contributed by atoms with van der Waals surface area (Å²) < 4.78 is 32.6. The van der Waals surface area contributed by atoms with E-state index in [4.69, 9.17) is 9.84 Å². The van der Waals surface area contributed by atoms with Gasteiger partial charge in [0.05, 0.1) is 22.6 Å². The Balaban J connectivity index is 2.42. The van der Waals surface area contributed by atoms with Crippen molar-refractivity contribution in [3.8, 4) is 0 Å². The number of nitrogens with zero attached hydrogens (tertiary/aromatic N) is 1. The number of carboxylic acid groups (broad SMARTS) is 1. The van der Waals surface area contributed by atoms with E-state index in [0.717, 1.165) is 0 Å². The second kappa shape index (κ2) is 6.36. The molecule has 1 aromatic carbocycles. The van der Waals surface area contributed by atoms with Gasteiger partial charge in [-0.1, -0.05) is 19.9 Å². The average molecular weight is 327 g/mol. The summed E-state index contributed by atoms with van der Waals surface area (Å²) in [5.41, 5.74) is -0.0374. The van der Waals surface area contributed by atoms with Crippen molar-refractivity contribution in [1.82, 2.24) is 4.31 Å². The fourth-order valence-corrected chi connectivity index (χ4v) is 4.83. The predicted octanol–water partition coefficient (Wildman–Crippen LogP) is 1.82. The van der Waals surface area contributed by atoms with Crippen LogP contribution in [0.25, 0.3) is 0 Å². The second-order valence-corrected chi connectivity index (χ2v) is 7.64. The summed E-state index contributed by atoms with van der Waals surface area (Å²) in [6.07, 6.45) is 0.495. The molecule has 0 aliphatic carbocycles. The first-order valence-corrected chi connectivity index (χ1v) is 8.61. The molecule has 1 aromatic rings. The van der Waals surface area contributed by atoms with Gasteiger partial charge in [-0.05, 0) is 30.5 Å². The Morgan fingerprint density at radius 2 is 2.09 bits per heavy atom. The number of sulfonamides is 1. The number of carbonyl (C=O) groups is 1. The third-order valence-corrected chi connectivity index (χ3v) is 5.91. The molecule has 7 heteroatoms. The van der Waals surface area contributed by atoms with Crippen LogP contribution in [-0.4, -0.2) is 49.6 Å². The van der Waals surface area contributed by atoms with E-state index in [0.29, 0.717) is 13.0 Å². The van der Waals surface area contributed by atoms with E-state index in [-0.39, 0.29) is 28.5 Å². The molecule has 1 heterocycles. The van der Waals surface area contributed by atoms with E-state index in [2.05, 4.69) is 0 Å². The van der Waals surface area contributed by atoms with Crippen molar-refractivity contribution >= 4 is 16.0 Å². The molecule has 2 atom stereocenters. The largest absolute Gasteiger partial charge is 0.478 e. The van der Waals surface area contributed by atoms with Crippen molar-refractivity contribution in [2.75, 3.05) is 13.7 Å². The van der Waals surface area contributed by atoms with Crippen molar-refractivity contribution in [2.24, 2.45) is 5.92 Å². The highest BCUT2D eigenvalue weighted by Crippen LogP contribution is 2.32. The minimum absolute atomic E-state index is 0.00908. The lowest BCUT2D eigenvalue weighted by molar-refractivity contribution is 0.0643. The Kier molecular flexibility index (Phi) is 4.89. The molecule has 22 heavy (non-hydrogen) atoms. The Morgan fingerprint density at radius 1 is 1.41 bits per heavy atom. The van der Waals surface area contributed by atoms with Crippen molar-refractivity contribution in [3.05, 3.63) is 29.8 Å². The number of rotatable bonds is 5. The third kappa shape index (κ3) is 3.02. The van der Waals surface area contributed by atoms with Crippen LogP contribution >= 0.6 is 0 Å². The zero-order valence-electron chi connectivity index (χ0n) is 12.9. The van der Waals surface area contributed by atoms with Gasteiger partial charge in [-0.15, -0.1) is 0 Å². The molecule has 1 saturated heterocycles. The highest BCUT2D eigenvalue weighted by molar-refractivity contribution is 7.89. The van der Waals surface area contributed by atoms with E-state index in [1.54, 1.807) is 7.11 Å². The molecule has 1 N–H and O–H groups in total. The molecular weight excluding hydrogens is 306 g/mol. The van der Waals surface area contributed by atoms with Gasteiger partial charge < -0.3 is 9.84 Å². The molecule has 0 unspecified atom stereocenters. The normalized spacial score (nSPS) is 23.1. The molecule has 0 saturated carbocycles. The van der Waals surface area contributed by atoms with E-state index >= 15 is 0 Å². The highest BCUT2D eigenvalue weighted by Gasteiger charge is 2.43. The zero-order valence-corrected chi connectivity index (χ0v) is 13.7. The maximum atomic E-state index is 12.9. The Bertz CT molecular complexity index is 656. The van der Waals surface area contributed by atoms with Gasteiger partial charge in [-0.2, -0.15) is 4.31 Å². The maximum Gasteiger partial charge on any atom is 0.335 e. The van der Waals surface area contributed by atoms with E-state index in [9.17, 15) is 13.2 Å². The molecule has 6 nitrogen and oxygen atoms in total. The summed E-state index contributed by atoms with van der Waals surface area (Å²) in [7, 11) is -2.16. The fourth-order valence-electron chi connectivity index (χ4n) is 2.98. The molecule has 2 rings (SSSR count). The number of hydrogen-bond donors (Lipinski definition) is 1. The molecule has 1 aliphatic heterocycles. The van der Waals surface area contributed by atoms with Crippen molar-refractivity contribution in [1.29, 1.82) is 0 Å². The van der Waals surface area contributed by atoms with Gasteiger partial charge in [0, 0.05) is 13.7 Å². The SMILES string of the molecule is CO[C@@H]1CCN(S(=O)(=O)c2cccc(C(=O)O)c2)[C@@H]1C(C)C. The summed E-state index contributed by atoms with van der Waals surface area (Å²) >= 11 is 0. The first-order chi connectivity index (χ1) is 10.3. The van der Waals surface area contributed by atoms with Crippen LogP contribution in [-0.2, 0) is 14.8 Å². The number of hydrogen-bond acceptors (Lipinski definition) is 4. The van der Waals surface area contributed by atoms with Crippen molar-refractivity contribution in [3.63, 3.8) is 0 Å². The van der Waals surface area contributed by atoms with Gasteiger partial charge in [0.15, 0.2) is 0 Å². The summed E-state index contributed by atoms with van der Waals surface area (Å²) in [5, 5.41) is 9.03. The van der Waals surface area contributed by atoms with E-state index in [1.165, 1.54) is 28.6 Å². The third-order valence-electron chi connectivity index (χ3n) is 4.02. The lowest BCUT2D eigenvalue weighted by atomic mass is 10.0. The lowest BCUT2D eigenvalue weighted by Crippen LogP contribution is -2.43. The van der Waals surface area contributed by atoms with Crippen LogP contribution in [0, 0.1) is 5.92 Å². The van der Waals surface area contributed by atoms with Gasteiger partial charge in [-0.3, -0.25) is 0 Å². The zero-order chi connectivity index (χ0) is 16.5. The van der Waals surface area contributed by atoms with Crippen LogP contribution in [0.5, 0.6) is 0 Å². The van der Waals surface area contributed by atoms with Gasteiger partial charge in [0.1, 0.15) is 0 Å². The predicted molar refractivity (Wildman–Crippen MR) is 81.3 cm³/mol. The number of methoxy groups -OCH3 is 1. The van der Waals surface area contributed by atoms with Crippen LogP contribution < -0.4 is 0 Å². The fraction of sp³-hybridized carbons (Fsp3) is 0.533. The molecule has 0 radical (unpaired) electrons. The summed E-state index contributed by atoms with van der Waals surface area (Å²) in [6.45, 7) is 4.29. The van der Waals surface area contributed by atoms with Gasteiger partial charge in [0.25, 0.3) is 0 Å². The average Bonchev–Trinajstić information content (AvgIpc) is 2.92. The van der Waals surface area contributed by atoms with Gasteiger partial charge in [-0.25, -0.2) is 13.2 Å². The summed E-state index contributed by atoms with van der Waals surface area (Å²) in [5.74, 6) is -1.04. The Labute approximate surface area is 130 Å². The van der Waals surface area contributed by atoms with Gasteiger partial charge in [0.2, 0.25) is 10.0 Å². The van der Waals surface area contributed by atoms with E-state index < -0.39 is 16.0 Å². The maximum absolute atomic E-state index is 12.9. The molecule has 0 aromatic heterocycles. The number of benzene rings is 1. The first-order valence-electron chi connectivity index (χ1n) is 7.17. The highest BCUT2D eigenvalue weighted by atomic mass is 32.2. The van der Waals surface area contributed by atoms with Gasteiger partial charge >= 0.3 is 5.97 Å². The molecule has 1 fully saturated rings. The quantitative estimate of drug-likeness (QED) is 0.892. The monoisotopic (exact) mass is 327 g/mol. The molecule has 0 spiro atoms. The smallest absolute Gasteiger partial charge is 0.335 e. The van der Waals surface area contributed by atoms with Crippen LogP contribution in [0.1, 0.15) is 30.6 Å². The molecule has 122 valence electrons. The summed E-state index contributed by atoms with van der Waals surface area (Å²) in [6, 6.07) is 5.21. The van der Waals surface area contributed by atoms with Crippen molar-refractivity contribution < 1.29 is 23.1 Å². The summed E-state index contributed by atoms with van der Waals surface area (Å²) in [4.78, 5) is 11.1. The van der Waals surface area contributed by atoms with Crippen LogP contribution in [0.15, 0.2) is 29.2 Å². The van der Waals surface area contributed by atoms with E-state index in [1.807, 2.05) is 13.8 Å². The van der Waals surface area contributed by atoms with Crippen LogP contribution in [0.4, 0.5) is 0 Å². The Morgan fingerprint density at radius 3 is 2.64 bits per heavy atom. The number of carboxylic acids is 1. The van der Waals surface area contributed by atoms with Crippen LogP contribution in [0.3, 0.4) is 0 Å². The number of aromatic carboxylic acids is 1. The van der Waals surface area contributed by atoms with Crippen LogP contribution in [0.2, 0.25) is 0 Å². The molecule has 1 aliphatic rings. The topological polar surface area (TPSA) is 83.9 Å². The Hall–Kier alpha value is -1.44. The molecule has 0 amide bonds. The van der Waals surface area contributed by atoms with Crippen molar-refractivity contribution in [2.45, 2.75) is 37.3 Å². The first kappa shape index (κ1) is 16.9. The number of ether oxygens (including phenoxy) is 1. The lowest BCUT2D eigenvalue weighted by Gasteiger charge is -2.30. The standard InChI is InChI=1S/C15H21NO5S/c1-10(2)14-13(21-3)7-8-16(14)22(19,20)12-6-4-5-11(9-12)15(17)18/h4-6,9-10,13-14H,7-8H2,1-3H3,(H,17,18)/t13-,14-/m1/s1. The second-order valence-electron chi connectivity index (χ2n) is 5.75. The minimum Gasteiger partial charge on any atom is -0.478 e. The minimum atomic E-state index is -3.74. The molecule has 0 bridgehead atoms.